The Balaban J connectivity index is 1.80. The third-order valence-electron chi connectivity index (χ3n) is 3.98. The highest BCUT2D eigenvalue weighted by molar-refractivity contribution is 9.10. The minimum atomic E-state index is -0.0457. The van der Waals surface area contributed by atoms with Gasteiger partial charge < -0.3 is 11.1 Å². The Kier molecular flexibility index (Phi) is 3.76. The van der Waals surface area contributed by atoms with E-state index in [1.165, 1.54) is 0 Å². The van der Waals surface area contributed by atoms with Gasteiger partial charge in [0.2, 0.25) is 5.91 Å². The summed E-state index contributed by atoms with van der Waals surface area (Å²) in [5.74, 6) is 0.00192. The zero-order chi connectivity index (χ0) is 14.1. The van der Waals surface area contributed by atoms with Crippen molar-refractivity contribution in [3.05, 3.63) is 40.9 Å². The second-order valence-corrected chi connectivity index (χ2v) is 6.31. The van der Waals surface area contributed by atoms with E-state index in [1.54, 1.807) is 0 Å². The first kappa shape index (κ1) is 13.6. The van der Waals surface area contributed by atoms with Gasteiger partial charge in [0, 0.05) is 16.2 Å². The van der Waals surface area contributed by atoms with Crippen LogP contribution in [0.5, 0.6) is 0 Å². The number of benzene rings is 2. The normalized spacial score (nSPS) is 22.1. The molecule has 0 heterocycles. The van der Waals surface area contributed by atoms with Crippen molar-refractivity contribution in [1.29, 1.82) is 0 Å². The Bertz CT molecular complexity index is 656. The first-order valence-electron chi connectivity index (χ1n) is 6.89. The van der Waals surface area contributed by atoms with Gasteiger partial charge in [0.15, 0.2) is 0 Å². The highest BCUT2D eigenvalue weighted by atomic mass is 79.9. The van der Waals surface area contributed by atoms with Crippen LogP contribution in [0.25, 0.3) is 10.8 Å². The summed E-state index contributed by atoms with van der Waals surface area (Å²) in [6, 6.07) is 12.1. The predicted molar refractivity (Wildman–Crippen MR) is 85.6 cm³/mol. The molecule has 4 heteroatoms. The molecule has 1 amide bonds. The summed E-state index contributed by atoms with van der Waals surface area (Å²) >= 11 is 3.46. The van der Waals surface area contributed by atoms with Gasteiger partial charge in [-0.2, -0.15) is 0 Å². The average Bonchev–Trinajstić information content (AvgIpc) is 2.85. The lowest BCUT2D eigenvalue weighted by molar-refractivity contribution is -0.120. The summed E-state index contributed by atoms with van der Waals surface area (Å²) < 4.78 is 1.05. The minimum absolute atomic E-state index is 0.00594. The molecule has 1 aliphatic carbocycles. The molecular weight excluding hydrogens is 316 g/mol. The van der Waals surface area contributed by atoms with Crippen LogP contribution in [-0.2, 0) is 4.79 Å². The molecule has 0 spiro atoms. The number of nitrogens with one attached hydrogen (secondary N) is 1. The zero-order valence-electron chi connectivity index (χ0n) is 11.1. The Hall–Kier alpha value is -1.39. The van der Waals surface area contributed by atoms with Crippen LogP contribution in [0.15, 0.2) is 40.9 Å². The lowest BCUT2D eigenvalue weighted by Crippen LogP contribution is -2.34. The molecular formula is C16H17BrN2O. The van der Waals surface area contributed by atoms with E-state index < -0.39 is 0 Å². The van der Waals surface area contributed by atoms with Crippen molar-refractivity contribution in [3.8, 4) is 0 Å². The number of hydrogen-bond acceptors (Lipinski definition) is 2. The second-order valence-electron chi connectivity index (χ2n) is 5.40. The first-order chi connectivity index (χ1) is 9.63. The van der Waals surface area contributed by atoms with E-state index in [0.717, 1.165) is 40.2 Å². The molecule has 2 aromatic carbocycles. The van der Waals surface area contributed by atoms with Gasteiger partial charge in [-0.05, 0) is 47.9 Å². The summed E-state index contributed by atoms with van der Waals surface area (Å²) in [4.78, 5) is 12.2. The van der Waals surface area contributed by atoms with Crippen LogP contribution in [0.3, 0.4) is 0 Å². The quantitative estimate of drug-likeness (QED) is 0.881. The smallest absolute Gasteiger partial charge is 0.229 e. The van der Waals surface area contributed by atoms with Crippen LogP contribution < -0.4 is 11.1 Å². The molecule has 20 heavy (non-hydrogen) atoms. The Labute approximate surface area is 126 Å². The topological polar surface area (TPSA) is 55.1 Å². The third kappa shape index (κ3) is 2.72. The number of carbonyl (C=O) groups is 1. The molecule has 104 valence electrons. The van der Waals surface area contributed by atoms with Crippen molar-refractivity contribution in [3.63, 3.8) is 0 Å². The average molecular weight is 333 g/mol. The van der Waals surface area contributed by atoms with Crippen molar-refractivity contribution < 1.29 is 4.79 Å². The molecule has 0 aromatic heterocycles. The standard InChI is InChI=1S/C16H17BrN2O/c17-12-6-4-11-9-13(7-5-10(11)8-12)19-16(20)14-2-1-3-15(14)18/h4-9,14-15H,1-3,18H2,(H,19,20). The Morgan fingerprint density at radius 3 is 2.65 bits per heavy atom. The highest BCUT2D eigenvalue weighted by Gasteiger charge is 2.30. The molecule has 3 nitrogen and oxygen atoms in total. The molecule has 0 radical (unpaired) electrons. The van der Waals surface area contributed by atoms with Crippen molar-refractivity contribution in [2.45, 2.75) is 25.3 Å². The van der Waals surface area contributed by atoms with Crippen molar-refractivity contribution in [2.24, 2.45) is 11.7 Å². The van der Waals surface area contributed by atoms with E-state index in [2.05, 4.69) is 27.3 Å². The van der Waals surface area contributed by atoms with E-state index in [9.17, 15) is 4.79 Å². The van der Waals surface area contributed by atoms with Crippen molar-refractivity contribution >= 4 is 38.3 Å². The summed E-state index contributed by atoms with van der Waals surface area (Å²) in [7, 11) is 0. The molecule has 1 fully saturated rings. The molecule has 2 atom stereocenters. The van der Waals surface area contributed by atoms with Crippen LogP contribution in [0.1, 0.15) is 19.3 Å². The van der Waals surface area contributed by atoms with Crippen molar-refractivity contribution in [2.75, 3.05) is 5.32 Å². The lowest BCUT2D eigenvalue weighted by Gasteiger charge is -2.15. The molecule has 1 aliphatic rings. The maximum absolute atomic E-state index is 12.2. The molecule has 2 unspecified atom stereocenters. The second kappa shape index (κ2) is 5.54. The molecule has 3 N–H and O–H groups in total. The van der Waals surface area contributed by atoms with Gasteiger partial charge in [-0.25, -0.2) is 0 Å². The Morgan fingerprint density at radius 2 is 1.90 bits per heavy atom. The SMILES string of the molecule is NC1CCCC1C(=O)Nc1ccc2cc(Br)ccc2c1. The molecule has 0 aliphatic heterocycles. The largest absolute Gasteiger partial charge is 0.327 e. The number of amides is 1. The lowest BCUT2D eigenvalue weighted by atomic mass is 10.0. The van der Waals surface area contributed by atoms with Gasteiger partial charge >= 0.3 is 0 Å². The van der Waals surface area contributed by atoms with Gasteiger partial charge in [0.05, 0.1) is 5.92 Å². The molecule has 3 rings (SSSR count). The van der Waals surface area contributed by atoms with Gasteiger partial charge in [-0.3, -0.25) is 4.79 Å². The highest BCUT2D eigenvalue weighted by Crippen LogP contribution is 2.27. The molecule has 2 aromatic rings. The maximum Gasteiger partial charge on any atom is 0.229 e. The van der Waals surface area contributed by atoms with Gasteiger partial charge in [-0.1, -0.05) is 34.5 Å². The van der Waals surface area contributed by atoms with Crippen molar-refractivity contribution in [1.82, 2.24) is 0 Å². The fraction of sp³-hybridized carbons (Fsp3) is 0.312. The van der Waals surface area contributed by atoms with Gasteiger partial charge in [-0.15, -0.1) is 0 Å². The summed E-state index contributed by atoms with van der Waals surface area (Å²) in [5, 5.41) is 5.25. The first-order valence-corrected chi connectivity index (χ1v) is 7.68. The van der Waals surface area contributed by atoms with Crippen LogP contribution in [0, 0.1) is 5.92 Å². The van der Waals surface area contributed by atoms with E-state index in [1.807, 2.05) is 30.3 Å². The number of hydrogen-bond donors (Lipinski definition) is 2. The maximum atomic E-state index is 12.2. The van der Waals surface area contributed by atoms with Crippen LogP contribution in [-0.4, -0.2) is 11.9 Å². The number of rotatable bonds is 2. The summed E-state index contributed by atoms with van der Waals surface area (Å²) in [6.07, 6.45) is 2.89. The zero-order valence-corrected chi connectivity index (χ0v) is 12.7. The third-order valence-corrected chi connectivity index (χ3v) is 4.47. The fourth-order valence-electron chi connectivity index (χ4n) is 2.84. The number of carbonyl (C=O) groups excluding carboxylic acids is 1. The van der Waals surface area contributed by atoms with E-state index in [4.69, 9.17) is 5.73 Å². The van der Waals surface area contributed by atoms with E-state index >= 15 is 0 Å². The fourth-order valence-corrected chi connectivity index (χ4v) is 3.22. The van der Waals surface area contributed by atoms with Crippen LogP contribution in [0.4, 0.5) is 5.69 Å². The van der Waals surface area contributed by atoms with Gasteiger partial charge in [0.25, 0.3) is 0 Å². The van der Waals surface area contributed by atoms with Gasteiger partial charge in [0.1, 0.15) is 0 Å². The summed E-state index contributed by atoms with van der Waals surface area (Å²) in [6.45, 7) is 0. The van der Waals surface area contributed by atoms with Crippen LogP contribution in [0.2, 0.25) is 0 Å². The number of nitrogens with two attached hydrogens (primary N) is 1. The van der Waals surface area contributed by atoms with Crippen LogP contribution >= 0.6 is 15.9 Å². The van der Waals surface area contributed by atoms with E-state index in [0.29, 0.717) is 0 Å². The minimum Gasteiger partial charge on any atom is -0.327 e. The Morgan fingerprint density at radius 1 is 1.15 bits per heavy atom. The monoisotopic (exact) mass is 332 g/mol. The molecule has 0 saturated heterocycles. The number of halogens is 1. The molecule has 1 saturated carbocycles. The van der Waals surface area contributed by atoms with E-state index in [-0.39, 0.29) is 17.9 Å². The number of fused-ring (bicyclic) bond motifs is 1. The summed E-state index contributed by atoms with van der Waals surface area (Å²) in [5.41, 5.74) is 6.81. The predicted octanol–water partition coefficient (Wildman–Crippen LogP) is 3.67. The molecule has 0 bridgehead atoms. The number of anilines is 1.